The molecule has 236 valence electrons. The number of hydrogen-bond acceptors (Lipinski definition) is 7. The van der Waals surface area contributed by atoms with Gasteiger partial charge >= 0.3 is 0 Å². The standard InChI is InChI=1S/C30H34Cl2N4O7S/c1-6-20(3)33-30(38)21(4)34(17-22-8-14-26(31)27(32)15-22)29(37)18-35(23-9-11-24(43-5)12-10-23)44(41,42)25-13-7-19(2)28(16-25)36(39)40/h7-16,20-21H,6,17-18H2,1-5H3,(H,33,38)/t20-,21-/m1/s1. The van der Waals surface area contributed by atoms with Crippen molar-refractivity contribution in [2.45, 2.75) is 57.6 Å². The number of carbonyl (C=O) groups is 2. The Kier molecular flexibility index (Phi) is 11.6. The number of nitro benzene ring substituents is 1. The molecule has 3 rings (SSSR count). The molecular weight excluding hydrogens is 631 g/mol. The maximum atomic E-state index is 14.1. The van der Waals surface area contributed by atoms with Crippen molar-refractivity contribution in [2.24, 2.45) is 0 Å². The number of rotatable bonds is 13. The molecule has 0 aliphatic heterocycles. The summed E-state index contributed by atoms with van der Waals surface area (Å²) in [6, 6.07) is 13.1. The molecule has 11 nitrogen and oxygen atoms in total. The summed E-state index contributed by atoms with van der Waals surface area (Å²) in [5.41, 5.74) is 0.552. The van der Waals surface area contributed by atoms with E-state index < -0.39 is 39.3 Å². The Bertz CT molecular complexity index is 1630. The van der Waals surface area contributed by atoms with E-state index in [2.05, 4.69) is 5.32 Å². The number of nitrogens with zero attached hydrogens (tertiary/aromatic N) is 3. The van der Waals surface area contributed by atoms with E-state index in [9.17, 15) is 28.1 Å². The van der Waals surface area contributed by atoms with E-state index in [0.29, 0.717) is 22.8 Å². The van der Waals surface area contributed by atoms with Crippen LogP contribution in [0.15, 0.2) is 65.6 Å². The van der Waals surface area contributed by atoms with Gasteiger partial charge < -0.3 is 15.0 Å². The average molecular weight is 666 g/mol. The van der Waals surface area contributed by atoms with Crippen LogP contribution in [-0.2, 0) is 26.2 Å². The highest BCUT2D eigenvalue weighted by Gasteiger charge is 2.33. The molecule has 0 spiro atoms. The van der Waals surface area contributed by atoms with Crippen molar-refractivity contribution in [1.82, 2.24) is 10.2 Å². The highest BCUT2D eigenvalue weighted by Crippen LogP contribution is 2.30. The first-order valence-corrected chi connectivity index (χ1v) is 15.8. The summed E-state index contributed by atoms with van der Waals surface area (Å²) in [4.78, 5) is 39.0. The molecule has 1 N–H and O–H groups in total. The first kappa shape index (κ1) is 34.6. The number of nitro groups is 1. The second-order valence-corrected chi connectivity index (χ2v) is 12.9. The molecule has 3 aromatic carbocycles. The number of benzene rings is 3. The topological polar surface area (TPSA) is 139 Å². The Labute approximate surface area is 266 Å². The quantitative estimate of drug-likeness (QED) is 0.181. The molecule has 3 aromatic rings. The molecule has 0 fully saturated rings. The van der Waals surface area contributed by atoms with E-state index in [0.717, 1.165) is 10.4 Å². The van der Waals surface area contributed by atoms with Crippen molar-refractivity contribution in [1.29, 1.82) is 0 Å². The van der Waals surface area contributed by atoms with Crippen LogP contribution in [0.25, 0.3) is 0 Å². The zero-order chi connectivity index (χ0) is 32.8. The van der Waals surface area contributed by atoms with Gasteiger partial charge in [0.2, 0.25) is 11.8 Å². The third-order valence-corrected chi connectivity index (χ3v) is 9.62. The summed E-state index contributed by atoms with van der Waals surface area (Å²) in [5.74, 6) is -0.690. The first-order valence-electron chi connectivity index (χ1n) is 13.6. The summed E-state index contributed by atoms with van der Waals surface area (Å²) in [6.45, 7) is 5.96. The molecule has 0 radical (unpaired) electrons. The van der Waals surface area contributed by atoms with Crippen LogP contribution in [0.3, 0.4) is 0 Å². The molecule has 0 bridgehead atoms. The molecular formula is C30H34Cl2N4O7S. The monoisotopic (exact) mass is 664 g/mol. The predicted molar refractivity (Wildman–Crippen MR) is 170 cm³/mol. The second-order valence-electron chi connectivity index (χ2n) is 10.2. The number of carbonyl (C=O) groups excluding carboxylic acids is 2. The number of halogens is 2. The van der Waals surface area contributed by atoms with Crippen molar-refractivity contribution in [3.8, 4) is 5.75 Å². The van der Waals surface area contributed by atoms with E-state index >= 15 is 0 Å². The van der Waals surface area contributed by atoms with Crippen LogP contribution in [0.1, 0.15) is 38.3 Å². The molecule has 0 unspecified atom stereocenters. The average Bonchev–Trinajstić information content (AvgIpc) is 2.99. The molecule has 2 amide bonds. The van der Waals surface area contributed by atoms with Crippen LogP contribution >= 0.6 is 23.2 Å². The van der Waals surface area contributed by atoms with Crippen molar-refractivity contribution < 1.29 is 27.7 Å². The highest BCUT2D eigenvalue weighted by atomic mass is 35.5. The fraction of sp³-hybridized carbons (Fsp3) is 0.333. The van der Waals surface area contributed by atoms with Gasteiger partial charge in [0.15, 0.2) is 0 Å². The van der Waals surface area contributed by atoms with Gasteiger partial charge in [0.25, 0.3) is 15.7 Å². The molecule has 0 aliphatic carbocycles. The maximum absolute atomic E-state index is 14.1. The molecule has 0 saturated carbocycles. The maximum Gasteiger partial charge on any atom is 0.273 e. The zero-order valence-electron chi connectivity index (χ0n) is 24.9. The zero-order valence-corrected chi connectivity index (χ0v) is 27.2. The SMILES string of the molecule is CC[C@@H](C)NC(=O)[C@@H](C)N(Cc1ccc(Cl)c(Cl)c1)C(=O)CN(c1ccc(OC)cc1)S(=O)(=O)c1ccc(C)c([N+](=O)[O-])c1. The number of anilines is 1. The van der Waals surface area contributed by atoms with Gasteiger partial charge in [-0.1, -0.05) is 42.3 Å². The highest BCUT2D eigenvalue weighted by molar-refractivity contribution is 7.92. The molecule has 0 heterocycles. The fourth-order valence-electron chi connectivity index (χ4n) is 4.23. The first-order chi connectivity index (χ1) is 20.7. The van der Waals surface area contributed by atoms with Gasteiger partial charge in [-0.15, -0.1) is 0 Å². The second kappa shape index (κ2) is 14.7. The Hall–Kier alpha value is -3.87. The van der Waals surface area contributed by atoms with E-state index in [1.165, 1.54) is 55.3 Å². The molecule has 0 aliphatic rings. The number of hydrogen-bond donors (Lipinski definition) is 1. The lowest BCUT2D eigenvalue weighted by Gasteiger charge is -2.32. The minimum Gasteiger partial charge on any atom is -0.497 e. The van der Waals surface area contributed by atoms with Crippen molar-refractivity contribution in [3.63, 3.8) is 0 Å². The minimum atomic E-state index is -4.53. The Morgan fingerprint density at radius 3 is 2.25 bits per heavy atom. The number of amides is 2. The van der Waals surface area contributed by atoms with Crippen molar-refractivity contribution in [2.75, 3.05) is 18.0 Å². The lowest BCUT2D eigenvalue weighted by Crippen LogP contribution is -2.52. The summed E-state index contributed by atoms with van der Waals surface area (Å²) >= 11 is 12.3. The van der Waals surface area contributed by atoms with E-state index in [-0.39, 0.29) is 39.4 Å². The third kappa shape index (κ3) is 8.19. The Morgan fingerprint density at radius 1 is 1.02 bits per heavy atom. The lowest BCUT2D eigenvalue weighted by molar-refractivity contribution is -0.385. The van der Waals surface area contributed by atoms with Crippen LogP contribution in [0.5, 0.6) is 5.75 Å². The number of sulfonamides is 1. The van der Waals surface area contributed by atoms with Gasteiger partial charge in [0.1, 0.15) is 18.3 Å². The largest absolute Gasteiger partial charge is 0.497 e. The van der Waals surface area contributed by atoms with Crippen LogP contribution < -0.4 is 14.4 Å². The Balaban J connectivity index is 2.10. The van der Waals surface area contributed by atoms with Crippen LogP contribution in [0, 0.1) is 17.0 Å². The number of methoxy groups -OCH3 is 1. The number of nitrogens with one attached hydrogen (secondary N) is 1. The minimum absolute atomic E-state index is 0.0860. The molecule has 2 atom stereocenters. The van der Waals surface area contributed by atoms with Gasteiger partial charge in [0, 0.05) is 24.2 Å². The van der Waals surface area contributed by atoms with Gasteiger partial charge in [-0.3, -0.25) is 24.0 Å². The summed E-state index contributed by atoms with van der Waals surface area (Å²) in [6.07, 6.45) is 0.658. The van der Waals surface area contributed by atoms with E-state index in [1.54, 1.807) is 25.1 Å². The molecule has 0 aromatic heterocycles. The van der Waals surface area contributed by atoms with E-state index in [4.69, 9.17) is 27.9 Å². The lowest BCUT2D eigenvalue weighted by atomic mass is 10.1. The van der Waals surface area contributed by atoms with Gasteiger partial charge in [0.05, 0.1) is 32.7 Å². The molecule has 14 heteroatoms. The van der Waals surface area contributed by atoms with Gasteiger partial charge in [-0.2, -0.15) is 0 Å². The van der Waals surface area contributed by atoms with Crippen molar-refractivity contribution in [3.05, 3.63) is 92.0 Å². The van der Waals surface area contributed by atoms with Crippen LogP contribution in [-0.4, -0.2) is 55.8 Å². The normalized spacial score (nSPS) is 12.6. The number of ether oxygens (including phenoxy) is 1. The molecule has 44 heavy (non-hydrogen) atoms. The predicted octanol–water partition coefficient (Wildman–Crippen LogP) is 5.75. The summed E-state index contributed by atoms with van der Waals surface area (Å²) in [7, 11) is -3.08. The van der Waals surface area contributed by atoms with Gasteiger partial charge in [-0.05, 0) is 75.2 Å². The van der Waals surface area contributed by atoms with Crippen LogP contribution in [0.2, 0.25) is 10.0 Å². The van der Waals surface area contributed by atoms with Crippen LogP contribution in [0.4, 0.5) is 11.4 Å². The third-order valence-electron chi connectivity index (χ3n) is 7.11. The smallest absolute Gasteiger partial charge is 0.273 e. The fourth-order valence-corrected chi connectivity index (χ4v) is 5.99. The van der Waals surface area contributed by atoms with Crippen molar-refractivity contribution >= 4 is 56.4 Å². The molecule has 0 saturated heterocycles. The summed E-state index contributed by atoms with van der Waals surface area (Å²) < 4.78 is 34.1. The summed E-state index contributed by atoms with van der Waals surface area (Å²) in [5, 5.41) is 15.0. The Morgan fingerprint density at radius 2 is 1.68 bits per heavy atom. The number of aryl methyl sites for hydroxylation is 1. The van der Waals surface area contributed by atoms with E-state index in [1.807, 2.05) is 13.8 Å². The van der Waals surface area contributed by atoms with Gasteiger partial charge in [-0.25, -0.2) is 8.42 Å².